The first-order chi connectivity index (χ1) is 7.83. The number of benzene rings is 1. The van der Waals surface area contributed by atoms with Crippen LogP contribution in [0.4, 0.5) is 5.69 Å². The molecule has 2 amide bonds. The smallest absolute Gasteiger partial charge is 0.239 e. The van der Waals surface area contributed by atoms with Gasteiger partial charge >= 0.3 is 0 Å². The standard InChI is InChI=1S/C13H14BrNO2/c1-8-6-9(14)4-5-10(8)15-11(16)7-13(2,3)12(15)17/h4-6H,7H2,1-3H3. The molecule has 3 nitrogen and oxygen atoms in total. The van der Waals surface area contributed by atoms with Crippen molar-refractivity contribution in [2.24, 2.45) is 5.41 Å². The molecule has 0 spiro atoms. The van der Waals surface area contributed by atoms with Crippen molar-refractivity contribution in [1.29, 1.82) is 0 Å². The average Bonchev–Trinajstić information content (AvgIpc) is 2.39. The number of halogens is 1. The van der Waals surface area contributed by atoms with E-state index in [0.717, 1.165) is 10.0 Å². The van der Waals surface area contributed by atoms with E-state index < -0.39 is 5.41 Å². The zero-order chi connectivity index (χ0) is 12.8. The molecule has 0 unspecified atom stereocenters. The molecule has 2 rings (SSSR count). The van der Waals surface area contributed by atoms with Gasteiger partial charge in [0, 0.05) is 10.9 Å². The van der Waals surface area contributed by atoms with Crippen molar-refractivity contribution in [1.82, 2.24) is 0 Å². The molecule has 1 heterocycles. The van der Waals surface area contributed by atoms with Gasteiger partial charge in [-0.1, -0.05) is 29.8 Å². The number of imide groups is 1. The molecule has 17 heavy (non-hydrogen) atoms. The van der Waals surface area contributed by atoms with E-state index in [1.807, 2.05) is 19.1 Å². The fraction of sp³-hybridized carbons (Fsp3) is 0.385. The van der Waals surface area contributed by atoms with Gasteiger partial charge < -0.3 is 0 Å². The number of carbonyl (C=O) groups excluding carboxylic acids is 2. The molecule has 0 radical (unpaired) electrons. The highest BCUT2D eigenvalue weighted by Gasteiger charge is 2.45. The Morgan fingerprint density at radius 2 is 1.94 bits per heavy atom. The predicted molar refractivity (Wildman–Crippen MR) is 69.8 cm³/mol. The van der Waals surface area contributed by atoms with Crippen molar-refractivity contribution < 1.29 is 9.59 Å². The maximum absolute atomic E-state index is 12.2. The zero-order valence-corrected chi connectivity index (χ0v) is 11.7. The van der Waals surface area contributed by atoms with Crippen LogP contribution < -0.4 is 4.90 Å². The molecule has 1 aliphatic rings. The van der Waals surface area contributed by atoms with Crippen LogP contribution in [-0.4, -0.2) is 11.8 Å². The normalized spacial score (nSPS) is 18.9. The number of hydrogen-bond acceptors (Lipinski definition) is 2. The van der Waals surface area contributed by atoms with E-state index in [-0.39, 0.29) is 18.2 Å². The molecular formula is C13H14BrNO2. The maximum atomic E-state index is 12.2. The SMILES string of the molecule is Cc1cc(Br)ccc1N1C(=O)CC(C)(C)C1=O. The monoisotopic (exact) mass is 295 g/mol. The molecule has 0 atom stereocenters. The Hall–Kier alpha value is -1.16. The highest BCUT2D eigenvalue weighted by atomic mass is 79.9. The van der Waals surface area contributed by atoms with E-state index in [9.17, 15) is 9.59 Å². The van der Waals surface area contributed by atoms with E-state index in [4.69, 9.17) is 0 Å². The third-order valence-corrected chi connectivity index (χ3v) is 3.52. The number of nitrogens with zero attached hydrogens (tertiary/aromatic N) is 1. The fourth-order valence-electron chi connectivity index (χ4n) is 2.06. The van der Waals surface area contributed by atoms with Gasteiger partial charge in [0.15, 0.2) is 0 Å². The van der Waals surface area contributed by atoms with E-state index in [0.29, 0.717) is 5.69 Å². The van der Waals surface area contributed by atoms with Crippen molar-refractivity contribution in [3.63, 3.8) is 0 Å². The number of hydrogen-bond donors (Lipinski definition) is 0. The Balaban J connectivity index is 2.48. The molecule has 1 aromatic carbocycles. The van der Waals surface area contributed by atoms with Gasteiger partial charge in [0.05, 0.1) is 11.1 Å². The molecule has 1 fully saturated rings. The Morgan fingerprint density at radius 3 is 2.41 bits per heavy atom. The third kappa shape index (κ3) is 2.02. The van der Waals surface area contributed by atoms with Gasteiger partial charge in [-0.2, -0.15) is 0 Å². The van der Waals surface area contributed by atoms with Crippen LogP contribution in [0.5, 0.6) is 0 Å². The lowest BCUT2D eigenvalue weighted by molar-refractivity contribution is -0.124. The van der Waals surface area contributed by atoms with Crippen LogP contribution in [0.2, 0.25) is 0 Å². The Bertz CT molecular complexity index is 508. The predicted octanol–water partition coefficient (Wildman–Crippen LogP) is 3.05. The van der Waals surface area contributed by atoms with Crippen molar-refractivity contribution >= 4 is 33.4 Å². The molecule has 0 bridgehead atoms. The van der Waals surface area contributed by atoms with Crippen LogP contribution in [0.25, 0.3) is 0 Å². The number of anilines is 1. The van der Waals surface area contributed by atoms with Crippen LogP contribution in [-0.2, 0) is 9.59 Å². The summed E-state index contributed by atoms with van der Waals surface area (Å²) in [6, 6.07) is 5.55. The summed E-state index contributed by atoms with van der Waals surface area (Å²) in [5, 5.41) is 0. The summed E-state index contributed by atoms with van der Waals surface area (Å²) >= 11 is 3.37. The summed E-state index contributed by atoms with van der Waals surface area (Å²) < 4.78 is 0.942. The highest BCUT2D eigenvalue weighted by Crippen LogP contribution is 2.36. The van der Waals surface area contributed by atoms with Gasteiger partial charge in [0.2, 0.25) is 11.8 Å². The second kappa shape index (κ2) is 3.95. The van der Waals surface area contributed by atoms with E-state index in [2.05, 4.69) is 15.9 Å². The van der Waals surface area contributed by atoms with Gasteiger partial charge in [0.25, 0.3) is 0 Å². The van der Waals surface area contributed by atoms with Crippen LogP contribution in [0.15, 0.2) is 22.7 Å². The van der Waals surface area contributed by atoms with Gasteiger partial charge in [0.1, 0.15) is 0 Å². The maximum Gasteiger partial charge on any atom is 0.239 e. The molecule has 0 aliphatic carbocycles. The van der Waals surface area contributed by atoms with Gasteiger partial charge in [-0.15, -0.1) is 0 Å². The molecule has 1 aromatic rings. The zero-order valence-electron chi connectivity index (χ0n) is 10.1. The van der Waals surface area contributed by atoms with Crippen molar-refractivity contribution in [3.8, 4) is 0 Å². The summed E-state index contributed by atoms with van der Waals surface area (Å²) in [4.78, 5) is 25.4. The topological polar surface area (TPSA) is 37.4 Å². The molecule has 0 N–H and O–H groups in total. The fourth-order valence-corrected chi connectivity index (χ4v) is 2.54. The lowest BCUT2D eigenvalue weighted by atomic mass is 9.92. The lowest BCUT2D eigenvalue weighted by Gasteiger charge is -2.19. The summed E-state index contributed by atoms with van der Waals surface area (Å²) in [6.45, 7) is 5.51. The third-order valence-electron chi connectivity index (χ3n) is 3.02. The van der Waals surface area contributed by atoms with Gasteiger partial charge in [-0.3, -0.25) is 9.59 Å². The van der Waals surface area contributed by atoms with Crippen LogP contribution in [0.1, 0.15) is 25.8 Å². The average molecular weight is 296 g/mol. The molecular weight excluding hydrogens is 282 g/mol. The summed E-state index contributed by atoms with van der Waals surface area (Å²) in [5.74, 6) is -0.238. The van der Waals surface area contributed by atoms with E-state index in [1.54, 1.807) is 19.9 Å². The van der Waals surface area contributed by atoms with Crippen LogP contribution in [0.3, 0.4) is 0 Å². The van der Waals surface area contributed by atoms with E-state index >= 15 is 0 Å². The first-order valence-electron chi connectivity index (χ1n) is 5.46. The summed E-state index contributed by atoms with van der Waals surface area (Å²) in [7, 11) is 0. The number of rotatable bonds is 1. The number of carbonyl (C=O) groups is 2. The van der Waals surface area contributed by atoms with Crippen LogP contribution >= 0.6 is 15.9 Å². The van der Waals surface area contributed by atoms with Crippen molar-refractivity contribution in [3.05, 3.63) is 28.2 Å². The Kier molecular flexibility index (Phi) is 2.86. The first-order valence-corrected chi connectivity index (χ1v) is 6.26. The van der Waals surface area contributed by atoms with Crippen molar-refractivity contribution in [2.45, 2.75) is 27.2 Å². The van der Waals surface area contributed by atoms with Gasteiger partial charge in [-0.25, -0.2) is 4.90 Å². The van der Waals surface area contributed by atoms with Crippen LogP contribution in [0, 0.1) is 12.3 Å². The quantitative estimate of drug-likeness (QED) is 0.747. The lowest BCUT2D eigenvalue weighted by Crippen LogP contribution is -2.33. The Morgan fingerprint density at radius 1 is 1.29 bits per heavy atom. The highest BCUT2D eigenvalue weighted by molar-refractivity contribution is 9.10. The minimum absolute atomic E-state index is 0.118. The molecule has 0 aromatic heterocycles. The summed E-state index contributed by atoms with van der Waals surface area (Å²) in [5.41, 5.74) is 1.02. The minimum Gasteiger partial charge on any atom is -0.274 e. The molecule has 4 heteroatoms. The summed E-state index contributed by atoms with van der Waals surface area (Å²) in [6.07, 6.45) is 0.279. The minimum atomic E-state index is -0.587. The second-order valence-corrected chi connectivity index (χ2v) is 5.94. The number of amides is 2. The number of aryl methyl sites for hydroxylation is 1. The van der Waals surface area contributed by atoms with Crippen molar-refractivity contribution in [2.75, 3.05) is 4.90 Å². The second-order valence-electron chi connectivity index (χ2n) is 5.03. The molecule has 0 saturated carbocycles. The largest absolute Gasteiger partial charge is 0.274 e. The molecule has 90 valence electrons. The van der Waals surface area contributed by atoms with Gasteiger partial charge in [-0.05, 0) is 30.7 Å². The molecule has 1 saturated heterocycles. The first kappa shape index (κ1) is 12.3. The molecule has 1 aliphatic heterocycles. The Labute approximate surface area is 109 Å². The van der Waals surface area contributed by atoms with E-state index in [1.165, 1.54) is 4.90 Å².